The minimum Gasteiger partial charge on any atom is -0.378 e. The highest BCUT2D eigenvalue weighted by atomic mass is 31.2. The van der Waals surface area contributed by atoms with Gasteiger partial charge in [-0.1, -0.05) is 12.1 Å². The lowest BCUT2D eigenvalue weighted by Crippen LogP contribution is -2.15. The number of hydrogen-bond acceptors (Lipinski definition) is 5. The zero-order valence-corrected chi connectivity index (χ0v) is 15.7. The van der Waals surface area contributed by atoms with Gasteiger partial charge in [0.15, 0.2) is 5.85 Å². The molecular formula is C18H25N2O3P. The summed E-state index contributed by atoms with van der Waals surface area (Å²) in [6.07, 6.45) is 0. The van der Waals surface area contributed by atoms with E-state index < -0.39 is 13.2 Å². The molecule has 0 spiro atoms. The van der Waals surface area contributed by atoms with Crippen LogP contribution in [0.3, 0.4) is 0 Å². The van der Waals surface area contributed by atoms with Crippen LogP contribution >= 0.6 is 7.37 Å². The summed E-state index contributed by atoms with van der Waals surface area (Å²) in [5, 5.41) is 11.2. The molecule has 1 N–H and O–H groups in total. The predicted molar refractivity (Wildman–Crippen MR) is 101 cm³/mol. The van der Waals surface area contributed by atoms with E-state index in [9.17, 15) is 9.67 Å². The summed E-state index contributed by atoms with van der Waals surface area (Å²) >= 11 is 0. The van der Waals surface area contributed by atoms with Crippen LogP contribution in [0.5, 0.6) is 0 Å². The van der Waals surface area contributed by atoms with Crippen molar-refractivity contribution in [1.82, 2.24) is 0 Å². The van der Waals surface area contributed by atoms with Crippen LogP contribution in [0.25, 0.3) is 0 Å². The minimum atomic E-state index is -3.43. The fraction of sp³-hybridized carbons (Fsp3) is 0.333. The first-order valence-corrected chi connectivity index (χ1v) is 9.37. The van der Waals surface area contributed by atoms with Crippen molar-refractivity contribution in [2.45, 2.75) is 5.85 Å². The second-order valence-corrected chi connectivity index (χ2v) is 8.61. The molecule has 130 valence electrons. The highest BCUT2D eigenvalue weighted by Crippen LogP contribution is 2.57. The summed E-state index contributed by atoms with van der Waals surface area (Å²) in [6.45, 7) is 0. The second kappa shape index (κ2) is 7.39. The summed E-state index contributed by atoms with van der Waals surface area (Å²) in [7, 11) is 5.70. The van der Waals surface area contributed by atoms with Crippen molar-refractivity contribution in [3.8, 4) is 0 Å². The lowest BCUT2D eigenvalue weighted by Gasteiger charge is -2.24. The molecule has 0 amide bonds. The van der Waals surface area contributed by atoms with Gasteiger partial charge in [0, 0.05) is 52.0 Å². The highest BCUT2D eigenvalue weighted by Gasteiger charge is 2.35. The molecule has 2 atom stereocenters. The Hall–Kier alpha value is -1.81. The molecule has 0 unspecified atom stereocenters. The quantitative estimate of drug-likeness (QED) is 0.813. The number of aliphatic hydroxyl groups is 1. The molecule has 24 heavy (non-hydrogen) atoms. The summed E-state index contributed by atoms with van der Waals surface area (Å²) < 4.78 is 18.6. The van der Waals surface area contributed by atoms with Crippen molar-refractivity contribution >= 4 is 24.0 Å². The fourth-order valence-electron chi connectivity index (χ4n) is 2.45. The summed E-state index contributed by atoms with van der Waals surface area (Å²) in [4.78, 5) is 3.92. The third kappa shape index (κ3) is 3.64. The second-order valence-electron chi connectivity index (χ2n) is 6.05. The van der Waals surface area contributed by atoms with Gasteiger partial charge in [0.25, 0.3) is 7.37 Å². The lowest BCUT2D eigenvalue weighted by molar-refractivity contribution is 0.229. The molecule has 2 aromatic carbocycles. The summed E-state index contributed by atoms with van der Waals surface area (Å²) in [5.74, 6) is -1.20. The van der Waals surface area contributed by atoms with E-state index in [0.717, 1.165) is 11.4 Å². The maximum atomic E-state index is 13.3. The maximum absolute atomic E-state index is 13.3. The van der Waals surface area contributed by atoms with Crippen molar-refractivity contribution in [3.63, 3.8) is 0 Å². The molecule has 0 aromatic heterocycles. The Morgan fingerprint density at radius 1 is 0.875 bits per heavy atom. The van der Waals surface area contributed by atoms with Crippen molar-refractivity contribution < 1.29 is 14.2 Å². The molecule has 0 aliphatic heterocycles. The summed E-state index contributed by atoms with van der Waals surface area (Å²) in [5.41, 5.74) is 2.57. The van der Waals surface area contributed by atoms with Crippen LogP contribution in [-0.2, 0) is 9.09 Å². The third-order valence-electron chi connectivity index (χ3n) is 4.03. The Labute approximate surface area is 143 Å². The minimum absolute atomic E-state index is 0.500. The Kier molecular flexibility index (Phi) is 5.70. The van der Waals surface area contributed by atoms with Crippen LogP contribution < -0.4 is 15.1 Å². The Morgan fingerprint density at radius 3 is 1.67 bits per heavy atom. The van der Waals surface area contributed by atoms with E-state index in [0.29, 0.717) is 10.9 Å². The normalized spacial score (nSPS) is 14.8. The van der Waals surface area contributed by atoms with E-state index in [1.165, 1.54) is 7.11 Å². The van der Waals surface area contributed by atoms with Gasteiger partial charge >= 0.3 is 0 Å². The van der Waals surface area contributed by atoms with Gasteiger partial charge in [-0.15, -0.1) is 0 Å². The molecule has 0 bridgehead atoms. The first-order valence-electron chi connectivity index (χ1n) is 7.68. The van der Waals surface area contributed by atoms with Gasteiger partial charge < -0.3 is 19.4 Å². The average molecular weight is 348 g/mol. The van der Waals surface area contributed by atoms with E-state index in [2.05, 4.69) is 0 Å². The fourth-order valence-corrected chi connectivity index (χ4v) is 4.27. The van der Waals surface area contributed by atoms with E-state index in [-0.39, 0.29) is 0 Å². The van der Waals surface area contributed by atoms with Crippen molar-refractivity contribution in [2.75, 3.05) is 45.1 Å². The molecule has 0 aliphatic rings. The van der Waals surface area contributed by atoms with Crippen LogP contribution in [0, 0.1) is 0 Å². The average Bonchev–Trinajstić information content (AvgIpc) is 2.60. The van der Waals surface area contributed by atoms with Crippen molar-refractivity contribution in [1.29, 1.82) is 0 Å². The molecular weight excluding hydrogens is 323 g/mol. The van der Waals surface area contributed by atoms with E-state index in [4.69, 9.17) is 4.52 Å². The number of hydrogen-bond donors (Lipinski definition) is 1. The van der Waals surface area contributed by atoms with Crippen LogP contribution in [0.15, 0.2) is 48.5 Å². The molecule has 0 radical (unpaired) electrons. The Balaban J connectivity index is 2.35. The van der Waals surface area contributed by atoms with Gasteiger partial charge in [-0.2, -0.15) is 0 Å². The van der Waals surface area contributed by atoms with Crippen LogP contribution in [0.1, 0.15) is 11.4 Å². The van der Waals surface area contributed by atoms with Crippen LogP contribution in [0.4, 0.5) is 11.4 Å². The van der Waals surface area contributed by atoms with Gasteiger partial charge in [-0.25, -0.2) is 0 Å². The molecule has 0 aliphatic carbocycles. The van der Waals surface area contributed by atoms with Gasteiger partial charge in [0.1, 0.15) is 0 Å². The first-order chi connectivity index (χ1) is 11.3. The van der Waals surface area contributed by atoms with Gasteiger partial charge in [-0.05, 0) is 42.0 Å². The largest absolute Gasteiger partial charge is 0.378 e. The lowest BCUT2D eigenvalue weighted by atomic mass is 10.2. The van der Waals surface area contributed by atoms with Crippen molar-refractivity contribution in [2.24, 2.45) is 0 Å². The molecule has 0 fully saturated rings. The number of aliphatic hydroxyl groups excluding tert-OH is 1. The molecule has 5 nitrogen and oxygen atoms in total. The van der Waals surface area contributed by atoms with Gasteiger partial charge in [0.05, 0.1) is 0 Å². The zero-order valence-electron chi connectivity index (χ0n) is 14.8. The zero-order chi connectivity index (χ0) is 17.9. The SMILES string of the molecule is CO[P@](=O)(c1ccc(N(C)C)cc1)[C@H](O)c1ccc(N(C)C)cc1. The molecule has 0 heterocycles. The van der Waals surface area contributed by atoms with E-state index in [1.807, 2.05) is 62.3 Å². The maximum Gasteiger partial charge on any atom is 0.263 e. The number of nitrogens with zero attached hydrogens (tertiary/aromatic N) is 2. The Bertz CT molecular complexity index is 712. The van der Waals surface area contributed by atoms with E-state index in [1.54, 1.807) is 24.3 Å². The van der Waals surface area contributed by atoms with Gasteiger partial charge in [-0.3, -0.25) is 4.57 Å². The number of benzene rings is 2. The monoisotopic (exact) mass is 348 g/mol. The van der Waals surface area contributed by atoms with E-state index >= 15 is 0 Å². The Morgan fingerprint density at radius 2 is 1.29 bits per heavy atom. The topological polar surface area (TPSA) is 53.0 Å². The highest BCUT2D eigenvalue weighted by molar-refractivity contribution is 7.67. The summed E-state index contributed by atoms with van der Waals surface area (Å²) in [6, 6.07) is 14.5. The molecule has 6 heteroatoms. The number of rotatable bonds is 6. The van der Waals surface area contributed by atoms with Crippen molar-refractivity contribution in [3.05, 3.63) is 54.1 Å². The van der Waals surface area contributed by atoms with Crippen LogP contribution in [0.2, 0.25) is 0 Å². The molecule has 2 aromatic rings. The molecule has 2 rings (SSSR count). The molecule has 0 saturated heterocycles. The van der Waals surface area contributed by atoms with Crippen LogP contribution in [-0.4, -0.2) is 40.4 Å². The standard InChI is InChI=1S/C18H25N2O3P/c1-19(2)15-8-6-14(7-9-15)18(21)24(22,23-5)17-12-10-16(11-13-17)20(3)4/h6-13,18,21H,1-5H3/t18-,24+/m0/s1. The smallest absolute Gasteiger partial charge is 0.263 e. The predicted octanol–water partition coefficient (Wildman–Crippen LogP) is 3.06. The van der Waals surface area contributed by atoms with Gasteiger partial charge in [0.2, 0.25) is 0 Å². The molecule has 0 saturated carbocycles. The first kappa shape index (κ1) is 18.5. The third-order valence-corrected chi connectivity index (χ3v) is 6.53. The number of anilines is 2.